The molecule has 2 aliphatic carbocycles. The molecule has 0 aromatic heterocycles. The molecular weight excluding hydrogens is 1150 g/mol. The predicted molar refractivity (Wildman–Crippen MR) is 391 cm³/mol. The van der Waals surface area contributed by atoms with Crippen LogP contribution in [0.4, 0.5) is 68.2 Å². The Morgan fingerprint density at radius 1 is 0.293 bits per heavy atom. The Balaban J connectivity index is 0.817. The minimum atomic E-state index is -0.375. The summed E-state index contributed by atoms with van der Waals surface area (Å²) >= 11 is 3.96. The third-order valence-electron chi connectivity index (χ3n) is 20.6. The van der Waals surface area contributed by atoms with E-state index < -0.39 is 0 Å². The van der Waals surface area contributed by atoms with E-state index in [1.165, 1.54) is 131 Å². The van der Waals surface area contributed by atoms with Crippen molar-refractivity contribution in [3.05, 3.63) is 313 Å². The Bertz CT molecular complexity index is 4800. The standard InChI is InChI=1S/C84H60B2N4S2/c1-83(2)65-47-59(87(53-27-11-5-12-28-53)54-29-13-6-14-30-54)43-45-61(65)63-49-75-79-81(77(63)83)89(57-35-19-9-20-36-57)71-41-25-23-39-67(71)85(79)69-51-70-74(52-73(69)91-75)92-76-50-64-62-46-44-60(88(55-31-15-7-16-32-55)56-33-17-8-18-34-56)48-66(62)84(3,4)78(64)82-80(76)86(70)68-40-24-26-42-72(68)90(82)58-37-21-10-22-38-58/h5-52H,1-4H3. The molecule has 0 amide bonds. The smallest absolute Gasteiger partial charge is 0.249 e. The van der Waals surface area contributed by atoms with Gasteiger partial charge in [0.25, 0.3) is 0 Å². The number of hydrogen-bond donors (Lipinski definition) is 0. The predicted octanol–water partition coefficient (Wildman–Crippen LogP) is 18.8. The highest BCUT2D eigenvalue weighted by molar-refractivity contribution is 8.01. The lowest BCUT2D eigenvalue weighted by Gasteiger charge is -2.45. The summed E-state index contributed by atoms with van der Waals surface area (Å²) in [6.45, 7) is 9.86. The zero-order valence-electron chi connectivity index (χ0n) is 51.5. The number of hydrogen-bond acceptors (Lipinski definition) is 6. The maximum Gasteiger partial charge on any atom is 0.249 e. The first-order valence-corrected chi connectivity index (χ1v) is 33.8. The summed E-state index contributed by atoms with van der Waals surface area (Å²) in [6.07, 6.45) is 0. The number of benzene rings is 13. The summed E-state index contributed by atoms with van der Waals surface area (Å²) in [5, 5.41) is 0. The van der Waals surface area contributed by atoms with E-state index in [-0.39, 0.29) is 24.3 Å². The lowest BCUT2D eigenvalue weighted by atomic mass is 9.31. The van der Waals surface area contributed by atoms with Gasteiger partial charge in [0.05, 0.1) is 0 Å². The van der Waals surface area contributed by atoms with E-state index in [1.807, 2.05) is 23.5 Å². The van der Waals surface area contributed by atoms with Gasteiger partial charge in [0.15, 0.2) is 0 Å². The fourth-order valence-corrected chi connectivity index (χ4v) is 19.2. The summed E-state index contributed by atoms with van der Waals surface area (Å²) in [6, 6.07) is 109. The molecule has 4 heterocycles. The van der Waals surface area contributed by atoms with Crippen LogP contribution in [0.3, 0.4) is 0 Å². The average molecular weight is 1210 g/mol. The molecule has 0 radical (unpaired) electrons. The maximum absolute atomic E-state index is 2.69. The largest absolute Gasteiger partial charge is 0.311 e. The van der Waals surface area contributed by atoms with E-state index in [0.29, 0.717) is 0 Å². The minimum Gasteiger partial charge on any atom is -0.311 e. The third-order valence-corrected chi connectivity index (χ3v) is 22.9. The number of para-hydroxylation sites is 8. The third kappa shape index (κ3) is 7.71. The van der Waals surface area contributed by atoms with Crippen LogP contribution in [0.15, 0.2) is 311 Å². The van der Waals surface area contributed by atoms with Crippen molar-refractivity contribution in [2.24, 2.45) is 0 Å². The Kier molecular flexibility index (Phi) is 11.8. The highest BCUT2D eigenvalue weighted by Crippen LogP contribution is 2.60. The van der Waals surface area contributed by atoms with Crippen molar-refractivity contribution in [3.8, 4) is 22.3 Å². The Labute approximate surface area is 547 Å². The van der Waals surface area contributed by atoms with Gasteiger partial charge in [-0.2, -0.15) is 0 Å². The van der Waals surface area contributed by atoms with Crippen LogP contribution in [0, 0.1) is 0 Å². The van der Waals surface area contributed by atoms with Crippen molar-refractivity contribution in [1.29, 1.82) is 0 Å². The van der Waals surface area contributed by atoms with Crippen molar-refractivity contribution in [3.63, 3.8) is 0 Å². The molecular formula is C84H60B2N4S2. The van der Waals surface area contributed by atoms with Gasteiger partial charge in [-0.15, -0.1) is 0 Å². The van der Waals surface area contributed by atoms with Gasteiger partial charge in [0, 0.05) is 98.7 Å². The zero-order valence-corrected chi connectivity index (χ0v) is 53.1. The van der Waals surface area contributed by atoms with Crippen LogP contribution in [0.2, 0.25) is 0 Å². The first-order chi connectivity index (χ1) is 45.2. The van der Waals surface area contributed by atoms with Crippen molar-refractivity contribution in [2.45, 2.75) is 58.1 Å². The van der Waals surface area contributed by atoms with Gasteiger partial charge in [-0.25, -0.2) is 0 Å². The van der Waals surface area contributed by atoms with Crippen molar-refractivity contribution in [1.82, 2.24) is 0 Å². The lowest BCUT2D eigenvalue weighted by molar-refractivity contribution is 0.660. The highest BCUT2D eigenvalue weighted by Gasteiger charge is 2.52. The average Bonchev–Trinajstić information content (AvgIpc) is 1.29. The topological polar surface area (TPSA) is 13.0 Å². The molecule has 0 unspecified atom stereocenters. The van der Waals surface area contributed by atoms with Crippen LogP contribution in [0.1, 0.15) is 49.9 Å². The van der Waals surface area contributed by atoms with Gasteiger partial charge >= 0.3 is 0 Å². The number of anilines is 12. The molecule has 0 saturated heterocycles. The monoisotopic (exact) mass is 1210 g/mol. The van der Waals surface area contributed by atoms with E-state index in [2.05, 4.69) is 338 Å². The summed E-state index contributed by atoms with van der Waals surface area (Å²) in [5.74, 6) is 0. The van der Waals surface area contributed by atoms with Gasteiger partial charge < -0.3 is 19.6 Å². The van der Waals surface area contributed by atoms with E-state index in [9.17, 15) is 0 Å². The van der Waals surface area contributed by atoms with Crippen LogP contribution < -0.4 is 52.4 Å². The second-order valence-electron chi connectivity index (χ2n) is 26.3. The SMILES string of the molecule is CC1(C)c2cc(N(c3ccccc3)c3ccccc3)ccc2-c2cc3c4c(c21)N(c1ccccc1)c1ccccc1B4c1cc2c(cc1S3)Sc1cc3c(c4c1B2c1ccccc1N4c1ccccc1)C(C)(C)c1cc(N(c2ccccc2)c2ccccc2)ccc1-3. The molecule has 0 atom stereocenters. The van der Waals surface area contributed by atoms with Gasteiger partial charge in [-0.05, 0) is 194 Å². The van der Waals surface area contributed by atoms with Crippen LogP contribution in [-0.4, -0.2) is 13.4 Å². The minimum absolute atomic E-state index is 0.0238. The molecule has 4 aliphatic heterocycles. The molecule has 434 valence electrons. The molecule has 0 N–H and O–H groups in total. The van der Waals surface area contributed by atoms with Crippen LogP contribution in [0.25, 0.3) is 22.3 Å². The molecule has 6 aliphatic rings. The molecule has 4 nitrogen and oxygen atoms in total. The van der Waals surface area contributed by atoms with Crippen molar-refractivity contribution in [2.75, 3.05) is 19.6 Å². The number of nitrogens with zero attached hydrogens (tertiary/aromatic N) is 4. The number of fused-ring (bicyclic) bond motifs is 16. The fourth-order valence-electron chi connectivity index (χ4n) is 16.7. The molecule has 13 aromatic carbocycles. The quantitative estimate of drug-likeness (QED) is 0.140. The fraction of sp³-hybridized carbons (Fsp3) is 0.0714. The lowest BCUT2D eigenvalue weighted by Crippen LogP contribution is -2.64. The molecule has 8 heteroatoms. The summed E-state index contributed by atoms with van der Waals surface area (Å²) < 4.78 is 0. The summed E-state index contributed by atoms with van der Waals surface area (Å²) in [4.78, 5) is 15.4. The van der Waals surface area contributed by atoms with E-state index in [1.54, 1.807) is 0 Å². The highest BCUT2D eigenvalue weighted by atomic mass is 32.2. The van der Waals surface area contributed by atoms with Gasteiger partial charge in [-0.1, -0.05) is 226 Å². The summed E-state index contributed by atoms with van der Waals surface area (Å²) in [7, 11) is 0. The molecule has 0 spiro atoms. The summed E-state index contributed by atoms with van der Waals surface area (Å²) in [5.41, 5.74) is 32.4. The Hall–Kier alpha value is -10.1. The van der Waals surface area contributed by atoms with Crippen LogP contribution in [-0.2, 0) is 10.8 Å². The van der Waals surface area contributed by atoms with Crippen LogP contribution >= 0.6 is 23.5 Å². The second kappa shape index (κ2) is 20.2. The molecule has 19 rings (SSSR count). The van der Waals surface area contributed by atoms with Gasteiger partial charge in [-0.3, -0.25) is 0 Å². The molecule has 0 saturated carbocycles. The maximum atomic E-state index is 2.69. The number of rotatable bonds is 8. The Morgan fingerprint density at radius 3 is 1.00 bits per heavy atom. The zero-order chi connectivity index (χ0) is 61.1. The van der Waals surface area contributed by atoms with Crippen LogP contribution in [0.5, 0.6) is 0 Å². The van der Waals surface area contributed by atoms with Crippen molar-refractivity contribution >= 4 is 138 Å². The van der Waals surface area contributed by atoms with E-state index in [4.69, 9.17) is 0 Å². The molecule has 13 aromatic rings. The van der Waals surface area contributed by atoms with Gasteiger partial charge in [0.1, 0.15) is 0 Å². The normalized spacial score (nSPS) is 14.7. The van der Waals surface area contributed by atoms with E-state index >= 15 is 0 Å². The molecule has 0 bridgehead atoms. The first-order valence-electron chi connectivity index (χ1n) is 32.1. The molecule has 0 fully saturated rings. The second-order valence-corrected chi connectivity index (χ2v) is 28.5. The van der Waals surface area contributed by atoms with E-state index in [0.717, 1.165) is 34.1 Å². The first kappa shape index (κ1) is 53.7. The Morgan fingerprint density at radius 2 is 0.630 bits per heavy atom. The molecule has 92 heavy (non-hydrogen) atoms. The van der Waals surface area contributed by atoms with Crippen molar-refractivity contribution < 1.29 is 0 Å². The van der Waals surface area contributed by atoms with Gasteiger partial charge in [0.2, 0.25) is 13.4 Å².